The SMILES string of the molecule is COC(=O)[C@H]1O[C@@H](Oc2ccc(COC(=O)Oc3ccc([N+](=O)[O-])cc3)cc2C(=O)OCC[Si](C)(C)C)[C@H](OC(C)=O)[C@@H](OC(C)=O)[C@@H]1OC(C)=O. The first-order valence-corrected chi connectivity index (χ1v) is 19.4. The van der Waals surface area contributed by atoms with E-state index in [-0.39, 0.29) is 34.9 Å². The molecule has 1 saturated heterocycles. The van der Waals surface area contributed by atoms with E-state index in [9.17, 15) is 38.9 Å². The van der Waals surface area contributed by atoms with E-state index in [0.29, 0.717) is 6.04 Å². The van der Waals surface area contributed by atoms with Crippen molar-refractivity contribution in [1.82, 2.24) is 0 Å². The Morgan fingerprint density at radius 1 is 0.827 bits per heavy atom. The molecule has 0 aromatic heterocycles. The third-order valence-corrected chi connectivity index (χ3v) is 8.74. The van der Waals surface area contributed by atoms with Crippen molar-refractivity contribution in [2.75, 3.05) is 13.7 Å². The number of methoxy groups -OCH3 is 1. The lowest BCUT2D eigenvalue weighted by atomic mass is 9.97. The number of esters is 5. The van der Waals surface area contributed by atoms with Crippen LogP contribution in [0.3, 0.4) is 0 Å². The van der Waals surface area contributed by atoms with E-state index in [1.165, 1.54) is 30.3 Å². The maximum absolute atomic E-state index is 13.5. The highest BCUT2D eigenvalue weighted by Gasteiger charge is 2.56. The van der Waals surface area contributed by atoms with Crippen LogP contribution in [-0.2, 0) is 58.9 Å². The Morgan fingerprint density at radius 2 is 1.42 bits per heavy atom. The van der Waals surface area contributed by atoms with Crippen molar-refractivity contribution in [3.8, 4) is 11.5 Å². The Balaban J connectivity index is 1.97. The molecule has 19 heteroatoms. The molecule has 0 unspecified atom stereocenters. The van der Waals surface area contributed by atoms with E-state index in [0.717, 1.165) is 40.0 Å². The lowest BCUT2D eigenvalue weighted by Crippen LogP contribution is -2.64. The van der Waals surface area contributed by atoms with Gasteiger partial charge in [-0.1, -0.05) is 25.7 Å². The average Bonchev–Trinajstić information content (AvgIpc) is 3.05. The van der Waals surface area contributed by atoms with E-state index in [1.807, 2.05) is 0 Å². The number of ether oxygens (including phenoxy) is 9. The topological polar surface area (TPSA) is 229 Å². The maximum atomic E-state index is 13.5. The summed E-state index contributed by atoms with van der Waals surface area (Å²) < 4.78 is 48.4. The van der Waals surface area contributed by atoms with Gasteiger partial charge in [0.15, 0.2) is 18.3 Å². The first kappa shape index (κ1) is 40.9. The van der Waals surface area contributed by atoms with Crippen molar-refractivity contribution < 1.29 is 76.3 Å². The second-order valence-corrected chi connectivity index (χ2v) is 18.1. The van der Waals surface area contributed by atoms with Gasteiger partial charge in [-0.05, 0) is 35.9 Å². The lowest BCUT2D eigenvalue weighted by Gasteiger charge is -2.43. The number of non-ortho nitro benzene ring substituents is 1. The summed E-state index contributed by atoms with van der Waals surface area (Å²) in [5, 5.41) is 10.9. The Kier molecular flexibility index (Phi) is 14.2. The molecule has 0 radical (unpaired) electrons. The fourth-order valence-corrected chi connectivity index (χ4v) is 5.37. The van der Waals surface area contributed by atoms with Gasteiger partial charge in [0.25, 0.3) is 5.69 Å². The molecule has 0 amide bonds. The van der Waals surface area contributed by atoms with Crippen LogP contribution < -0.4 is 9.47 Å². The smallest absolute Gasteiger partial charge is 0.467 e. The molecule has 0 N–H and O–H groups in total. The second-order valence-electron chi connectivity index (χ2n) is 12.5. The molecule has 282 valence electrons. The van der Waals surface area contributed by atoms with Gasteiger partial charge in [0.05, 0.1) is 18.6 Å². The summed E-state index contributed by atoms with van der Waals surface area (Å²) in [5.74, 6) is -4.83. The van der Waals surface area contributed by atoms with Gasteiger partial charge in [0.2, 0.25) is 12.4 Å². The molecule has 1 heterocycles. The number of hydrogen-bond acceptors (Lipinski definition) is 17. The van der Waals surface area contributed by atoms with Crippen LogP contribution in [0.15, 0.2) is 42.5 Å². The summed E-state index contributed by atoms with van der Waals surface area (Å²) in [4.78, 5) is 85.3. The molecule has 2 aromatic rings. The van der Waals surface area contributed by atoms with E-state index in [2.05, 4.69) is 19.6 Å². The normalized spacial score (nSPS) is 19.6. The van der Waals surface area contributed by atoms with Gasteiger partial charge in [0.1, 0.15) is 23.7 Å². The number of carbonyl (C=O) groups excluding carboxylic acids is 6. The molecule has 0 saturated carbocycles. The molecule has 5 atom stereocenters. The zero-order chi connectivity index (χ0) is 38.7. The summed E-state index contributed by atoms with van der Waals surface area (Å²) in [6.45, 7) is 9.00. The number of nitro benzene ring substituents is 1. The molecule has 18 nitrogen and oxygen atoms in total. The van der Waals surface area contributed by atoms with E-state index < -0.39 is 86.3 Å². The largest absolute Gasteiger partial charge is 0.514 e. The number of hydrogen-bond donors (Lipinski definition) is 0. The van der Waals surface area contributed by atoms with Crippen LogP contribution in [0.4, 0.5) is 10.5 Å². The summed E-state index contributed by atoms with van der Waals surface area (Å²) in [7, 11) is -0.610. The van der Waals surface area contributed by atoms with Crippen molar-refractivity contribution in [3.63, 3.8) is 0 Å². The highest BCUT2D eigenvalue weighted by molar-refractivity contribution is 6.76. The Hall–Kier alpha value is -5.56. The van der Waals surface area contributed by atoms with Gasteiger partial charge in [-0.15, -0.1) is 0 Å². The number of nitrogens with zero attached hydrogens (tertiary/aromatic N) is 1. The molecule has 3 rings (SSSR count). The van der Waals surface area contributed by atoms with Gasteiger partial charge in [0, 0.05) is 41.0 Å². The van der Waals surface area contributed by atoms with E-state index in [1.54, 1.807) is 0 Å². The number of rotatable bonds is 14. The maximum Gasteiger partial charge on any atom is 0.514 e. The number of nitro groups is 1. The zero-order valence-corrected chi connectivity index (χ0v) is 30.4. The summed E-state index contributed by atoms with van der Waals surface area (Å²) in [6.07, 6.45) is -9.61. The van der Waals surface area contributed by atoms with E-state index in [4.69, 9.17) is 42.6 Å². The molecule has 52 heavy (non-hydrogen) atoms. The highest BCUT2D eigenvalue weighted by atomic mass is 28.3. The molecule has 2 aromatic carbocycles. The third-order valence-electron chi connectivity index (χ3n) is 7.03. The highest BCUT2D eigenvalue weighted by Crippen LogP contribution is 2.33. The molecule has 1 aliphatic rings. The fraction of sp³-hybridized carbons (Fsp3) is 0.455. The van der Waals surface area contributed by atoms with Gasteiger partial charge in [-0.3, -0.25) is 24.5 Å². The van der Waals surface area contributed by atoms with Crippen molar-refractivity contribution >= 4 is 49.8 Å². The average molecular weight is 750 g/mol. The second kappa shape index (κ2) is 18.1. The van der Waals surface area contributed by atoms with E-state index >= 15 is 0 Å². The Bertz CT molecular complexity index is 1650. The first-order valence-electron chi connectivity index (χ1n) is 15.7. The van der Waals surface area contributed by atoms with Crippen LogP contribution in [0.1, 0.15) is 36.7 Å². The molecule has 0 aliphatic carbocycles. The summed E-state index contributed by atoms with van der Waals surface area (Å²) in [5.41, 5.74) is -0.158. The van der Waals surface area contributed by atoms with Crippen LogP contribution in [0.2, 0.25) is 25.7 Å². The Labute approximate surface area is 298 Å². The molecule has 0 bridgehead atoms. The van der Waals surface area contributed by atoms with Crippen LogP contribution in [0.25, 0.3) is 0 Å². The minimum Gasteiger partial charge on any atom is -0.467 e. The Morgan fingerprint density at radius 3 is 1.98 bits per heavy atom. The summed E-state index contributed by atoms with van der Waals surface area (Å²) in [6, 6.07) is 9.30. The van der Waals surface area contributed by atoms with Crippen molar-refractivity contribution in [1.29, 1.82) is 0 Å². The fourth-order valence-electron chi connectivity index (χ4n) is 4.66. The zero-order valence-electron chi connectivity index (χ0n) is 29.4. The first-order chi connectivity index (χ1) is 24.4. The van der Waals surface area contributed by atoms with Crippen molar-refractivity contribution in [3.05, 3.63) is 63.7 Å². The predicted octanol–water partition coefficient (Wildman–Crippen LogP) is 3.88. The number of carbonyl (C=O) groups is 6. The quantitative estimate of drug-likeness (QED) is 0.0666. The monoisotopic (exact) mass is 749 g/mol. The molecule has 1 aliphatic heterocycles. The minimum absolute atomic E-state index is 0.0194. The molecule has 0 spiro atoms. The van der Waals surface area contributed by atoms with Crippen molar-refractivity contribution in [2.24, 2.45) is 0 Å². The van der Waals surface area contributed by atoms with Crippen LogP contribution in [0.5, 0.6) is 11.5 Å². The predicted molar refractivity (Wildman–Crippen MR) is 177 cm³/mol. The standard InChI is InChI=1S/C33H39NO17Si/c1-18(35)46-26-27(47-19(2)36)29(48-20(3)37)32(51-28(26)31(39)43-4)50-25-13-8-21(16-24(25)30(38)44-14-15-52(5,6)7)17-45-33(40)49-23-11-9-22(10-12-23)34(41)42/h8-13,16,26-29,32H,14-15,17H2,1-7H3/t26-,27-,28-,29+,32+/m0/s1. The number of benzene rings is 2. The lowest BCUT2D eigenvalue weighted by molar-refractivity contribution is -0.384. The molecular weight excluding hydrogens is 710 g/mol. The van der Waals surface area contributed by atoms with Gasteiger partial charge >= 0.3 is 36.0 Å². The van der Waals surface area contributed by atoms with Crippen molar-refractivity contribution in [2.45, 2.75) is 83.8 Å². The van der Waals surface area contributed by atoms with Crippen LogP contribution >= 0.6 is 0 Å². The minimum atomic E-state index is -1.77. The van der Waals surface area contributed by atoms with Gasteiger partial charge in [-0.2, -0.15) is 0 Å². The van der Waals surface area contributed by atoms with Crippen LogP contribution in [0, 0.1) is 10.1 Å². The summed E-state index contributed by atoms with van der Waals surface area (Å²) >= 11 is 0. The molecular formula is C33H39NO17Si. The van der Waals surface area contributed by atoms with Crippen LogP contribution in [-0.4, -0.2) is 93.4 Å². The molecule has 1 fully saturated rings. The van der Waals surface area contributed by atoms with Gasteiger partial charge < -0.3 is 42.6 Å². The van der Waals surface area contributed by atoms with Gasteiger partial charge in [-0.25, -0.2) is 14.4 Å². The third kappa shape index (κ3) is 12.0.